The van der Waals surface area contributed by atoms with Gasteiger partial charge >= 0.3 is 0 Å². The maximum Gasteiger partial charge on any atom is 0.279 e. The molecule has 2 N–H and O–H groups in total. The number of hydrogen-bond donors (Lipinski definition) is 2. The van der Waals surface area contributed by atoms with Crippen LogP contribution in [0.3, 0.4) is 0 Å². The number of hydrazine groups is 1. The maximum absolute atomic E-state index is 12.1. The van der Waals surface area contributed by atoms with Crippen LogP contribution >= 0.6 is 0 Å². The highest BCUT2D eigenvalue weighted by molar-refractivity contribution is 5.95. The van der Waals surface area contributed by atoms with Gasteiger partial charge in [-0.05, 0) is 42.2 Å². The van der Waals surface area contributed by atoms with Crippen molar-refractivity contribution < 1.29 is 14.3 Å². The van der Waals surface area contributed by atoms with Crippen molar-refractivity contribution in [1.29, 1.82) is 0 Å². The topological polar surface area (TPSA) is 67.4 Å². The average Bonchev–Trinajstić information content (AvgIpc) is 2.59. The summed E-state index contributed by atoms with van der Waals surface area (Å²) in [7, 11) is 0. The predicted molar refractivity (Wildman–Crippen MR) is 97.3 cm³/mol. The number of rotatable bonds is 4. The van der Waals surface area contributed by atoms with Crippen molar-refractivity contribution in [2.24, 2.45) is 0 Å². The van der Waals surface area contributed by atoms with Crippen LogP contribution in [0.4, 0.5) is 0 Å². The molecule has 0 radical (unpaired) electrons. The highest BCUT2D eigenvalue weighted by Crippen LogP contribution is 2.22. The molecular formula is C20H24N2O3. The van der Waals surface area contributed by atoms with Gasteiger partial charge in [-0.1, -0.05) is 51.1 Å². The van der Waals surface area contributed by atoms with Gasteiger partial charge in [-0.2, -0.15) is 0 Å². The molecule has 0 spiro atoms. The lowest BCUT2D eigenvalue weighted by molar-refractivity contribution is -0.128. The smallest absolute Gasteiger partial charge is 0.279 e. The molecule has 1 unspecified atom stereocenters. The van der Waals surface area contributed by atoms with E-state index in [-0.39, 0.29) is 11.3 Å². The molecule has 2 aromatic carbocycles. The maximum atomic E-state index is 12.1. The normalized spacial score (nSPS) is 12.2. The van der Waals surface area contributed by atoms with E-state index >= 15 is 0 Å². The minimum atomic E-state index is -0.731. The number of ether oxygens (including phenoxy) is 1. The zero-order valence-electron chi connectivity index (χ0n) is 15.0. The quantitative estimate of drug-likeness (QED) is 0.840. The molecule has 0 bridgehead atoms. The molecule has 0 saturated heterocycles. The Hall–Kier alpha value is -2.82. The zero-order chi connectivity index (χ0) is 18.4. The fourth-order valence-corrected chi connectivity index (χ4v) is 2.17. The summed E-state index contributed by atoms with van der Waals surface area (Å²) >= 11 is 0. The Morgan fingerprint density at radius 1 is 0.920 bits per heavy atom. The minimum Gasteiger partial charge on any atom is -0.481 e. The van der Waals surface area contributed by atoms with E-state index in [1.54, 1.807) is 31.2 Å². The summed E-state index contributed by atoms with van der Waals surface area (Å²) in [6, 6.07) is 16.3. The SMILES string of the molecule is CC(Oc1ccccc1)C(=O)NNC(=O)c1ccc(C(C)(C)C)cc1. The Balaban J connectivity index is 1.87. The average molecular weight is 340 g/mol. The molecule has 0 fully saturated rings. The predicted octanol–water partition coefficient (Wildman–Crippen LogP) is 3.21. The standard InChI is InChI=1S/C20H24N2O3/c1-14(25-17-8-6-5-7-9-17)18(23)21-22-19(24)15-10-12-16(13-11-15)20(2,3)4/h5-14H,1-4H3,(H,21,23)(H,22,24). The summed E-state index contributed by atoms with van der Waals surface area (Å²) in [5.41, 5.74) is 6.42. The highest BCUT2D eigenvalue weighted by atomic mass is 16.5. The second-order valence-electron chi connectivity index (χ2n) is 6.84. The Labute approximate surface area is 148 Å². The summed E-state index contributed by atoms with van der Waals surface area (Å²) in [4.78, 5) is 24.1. The Morgan fingerprint density at radius 3 is 2.08 bits per heavy atom. The van der Waals surface area contributed by atoms with E-state index in [1.807, 2.05) is 30.3 Å². The molecule has 0 aliphatic rings. The molecule has 132 valence electrons. The third kappa shape index (κ3) is 5.35. The van der Waals surface area contributed by atoms with Gasteiger partial charge in [0.05, 0.1) is 0 Å². The van der Waals surface area contributed by atoms with Crippen LogP contribution in [0.2, 0.25) is 0 Å². The molecule has 0 heterocycles. The highest BCUT2D eigenvalue weighted by Gasteiger charge is 2.17. The monoisotopic (exact) mass is 340 g/mol. The van der Waals surface area contributed by atoms with Crippen LogP contribution in [0.15, 0.2) is 54.6 Å². The van der Waals surface area contributed by atoms with Crippen molar-refractivity contribution >= 4 is 11.8 Å². The van der Waals surface area contributed by atoms with Crippen LogP contribution in [-0.2, 0) is 10.2 Å². The van der Waals surface area contributed by atoms with Crippen molar-refractivity contribution in [3.05, 3.63) is 65.7 Å². The fraction of sp³-hybridized carbons (Fsp3) is 0.300. The molecule has 0 aliphatic carbocycles. The van der Waals surface area contributed by atoms with Crippen molar-refractivity contribution in [3.63, 3.8) is 0 Å². The lowest BCUT2D eigenvalue weighted by Gasteiger charge is -2.19. The molecule has 2 rings (SSSR count). The number of amides is 2. The summed E-state index contributed by atoms with van der Waals surface area (Å²) in [6.07, 6.45) is -0.731. The Kier molecular flexibility index (Phi) is 5.80. The Bertz CT molecular complexity index is 719. The molecule has 5 heteroatoms. The zero-order valence-corrected chi connectivity index (χ0v) is 15.0. The molecule has 0 aromatic heterocycles. The van der Waals surface area contributed by atoms with E-state index in [2.05, 4.69) is 31.6 Å². The number of hydrogen-bond acceptors (Lipinski definition) is 3. The number of carbonyl (C=O) groups excluding carboxylic acids is 2. The molecule has 2 amide bonds. The first-order chi connectivity index (χ1) is 11.8. The van der Waals surface area contributed by atoms with E-state index < -0.39 is 12.0 Å². The van der Waals surface area contributed by atoms with Crippen molar-refractivity contribution in [3.8, 4) is 5.75 Å². The third-order valence-electron chi connectivity index (χ3n) is 3.74. The van der Waals surface area contributed by atoms with Crippen molar-refractivity contribution in [2.75, 3.05) is 0 Å². The molecule has 0 saturated carbocycles. The lowest BCUT2D eigenvalue weighted by Crippen LogP contribution is -2.47. The van der Waals surface area contributed by atoms with Gasteiger partial charge in [0.2, 0.25) is 0 Å². The summed E-state index contributed by atoms with van der Waals surface area (Å²) in [5, 5.41) is 0. The van der Waals surface area contributed by atoms with E-state index in [0.717, 1.165) is 5.56 Å². The van der Waals surface area contributed by atoms with Gasteiger partial charge in [0, 0.05) is 5.56 Å². The van der Waals surface area contributed by atoms with Crippen LogP contribution in [0.5, 0.6) is 5.75 Å². The number of benzene rings is 2. The van der Waals surface area contributed by atoms with Gasteiger partial charge in [0.15, 0.2) is 6.10 Å². The first-order valence-corrected chi connectivity index (χ1v) is 8.20. The molecule has 1 atom stereocenters. The van der Waals surface area contributed by atoms with Gasteiger partial charge in [-0.3, -0.25) is 20.4 Å². The minimum absolute atomic E-state index is 0.0213. The Morgan fingerprint density at radius 2 is 1.52 bits per heavy atom. The second-order valence-corrected chi connectivity index (χ2v) is 6.84. The van der Waals surface area contributed by atoms with Gasteiger partial charge < -0.3 is 4.74 Å². The molecule has 2 aromatic rings. The van der Waals surface area contributed by atoms with Crippen LogP contribution in [0, 0.1) is 0 Å². The summed E-state index contributed by atoms with van der Waals surface area (Å²) in [5.74, 6) is -0.210. The number of para-hydroxylation sites is 1. The second kappa shape index (κ2) is 7.83. The molecule has 25 heavy (non-hydrogen) atoms. The molecule has 5 nitrogen and oxygen atoms in total. The fourth-order valence-electron chi connectivity index (χ4n) is 2.17. The third-order valence-corrected chi connectivity index (χ3v) is 3.74. The van der Waals surface area contributed by atoms with Crippen LogP contribution in [0.25, 0.3) is 0 Å². The molecule has 0 aliphatic heterocycles. The van der Waals surface area contributed by atoms with Gasteiger partial charge in [0.25, 0.3) is 11.8 Å². The lowest BCUT2D eigenvalue weighted by atomic mass is 9.87. The van der Waals surface area contributed by atoms with E-state index in [4.69, 9.17) is 4.74 Å². The molecular weight excluding hydrogens is 316 g/mol. The first-order valence-electron chi connectivity index (χ1n) is 8.20. The number of carbonyl (C=O) groups is 2. The largest absolute Gasteiger partial charge is 0.481 e. The van der Waals surface area contributed by atoms with Crippen molar-refractivity contribution in [1.82, 2.24) is 10.9 Å². The van der Waals surface area contributed by atoms with Crippen LogP contribution in [-0.4, -0.2) is 17.9 Å². The van der Waals surface area contributed by atoms with E-state index in [9.17, 15) is 9.59 Å². The van der Waals surface area contributed by atoms with Crippen LogP contribution in [0.1, 0.15) is 43.6 Å². The van der Waals surface area contributed by atoms with E-state index in [0.29, 0.717) is 11.3 Å². The van der Waals surface area contributed by atoms with Gasteiger partial charge in [-0.15, -0.1) is 0 Å². The summed E-state index contributed by atoms with van der Waals surface area (Å²) < 4.78 is 5.50. The van der Waals surface area contributed by atoms with Crippen molar-refractivity contribution in [2.45, 2.75) is 39.2 Å². The first kappa shape index (κ1) is 18.5. The van der Waals surface area contributed by atoms with E-state index in [1.165, 1.54) is 0 Å². The van der Waals surface area contributed by atoms with Crippen LogP contribution < -0.4 is 15.6 Å². The number of nitrogens with one attached hydrogen (secondary N) is 2. The van der Waals surface area contributed by atoms with Gasteiger partial charge in [-0.25, -0.2) is 0 Å². The van der Waals surface area contributed by atoms with Gasteiger partial charge in [0.1, 0.15) is 5.75 Å². The summed E-state index contributed by atoms with van der Waals surface area (Å²) in [6.45, 7) is 7.94.